The summed E-state index contributed by atoms with van der Waals surface area (Å²) in [5.41, 5.74) is 0. The third kappa shape index (κ3) is 4.05. The lowest BCUT2D eigenvalue weighted by Crippen LogP contribution is -2.37. The Morgan fingerprint density at radius 2 is 2.00 bits per heavy atom. The number of rotatable bonds is 6. The lowest BCUT2D eigenvalue weighted by atomic mass is 9.87. The van der Waals surface area contributed by atoms with Crippen LogP contribution in [0.5, 0.6) is 0 Å². The molecule has 5 nitrogen and oxygen atoms in total. The van der Waals surface area contributed by atoms with Crippen molar-refractivity contribution in [1.82, 2.24) is 0 Å². The van der Waals surface area contributed by atoms with Crippen LogP contribution in [0.25, 0.3) is 0 Å². The Morgan fingerprint density at radius 1 is 1.27 bits per heavy atom. The van der Waals surface area contributed by atoms with Gasteiger partial charge in [0.25, 0.3) is 0 Å². The van der Waals surface area contributed by atoms with Crippen molar-refractivity contribution in [3.63, 3.8) is 0 Å². The number of carbonyl (C=O) groups excluding carboxylic acids is 2. The maximum atomic E-state index is 11.6. The molecule has 22 heavy (non-hydrogen) atoms. The van der Waals surface area contributed by atoms with E-state index < -0.39 is 5.79 Å². The van der Waals surface area contributed by atoms with Gasteiger partial charge >= 0.3 is 5.97 Å². The van der Waals surface area contributed by atoms with E-state index >= 15 is 0 Å². The Balaban J connectivity index is 2.02. The van der Waals surface area contributed by atoms with Gasteiger partial charge in [-0.25, -0.2) is 0 Å². The van der Waals surface area contributed by atoms with E-state index in [9.17, 15) is 9.59 Å². The minimum atomic E-state index is -0.548. The molecule has 1 saturated heterocycles. The second-order valence-electron chi connectivity index (χ2n) is 5.83. The summed E-state index contributed by atoms with van der Waals surface area (Å²) in [5, 5.41) is 0. The van der Waals surface area contributed by atoms with E-state index in [-0.39, 0.29) is 23.6 Å². The molecule has 2 fully saturated rings. The number of carbonyl (C=O) groups is 2. The lowest BCUT2D eigenvalue weighted by Gasteiger charge is -2.31. The van der Waals surface area contributed by atoms with E-state index in [0.29, 0.717) is 19.6 Å². The van der Waals surface area contributed by atoms with Gasteiger partial charge < -0.3 is 14.2 Å². The predicted octanol–water partition coefficient (Wildman–Crippen LogP) is 2.41. The molecule has 1 spiro atoms. The predicted molar refractivity (Wildman–Crippen MR) is 81.1 cm³/mol. The van der Waals surface area contributed by atoms with Gasteiger partial charge in [0, 0.05) is 18.8 Å². The van der Waals surface area contributed by atoms with Gasteiger partial charge in [-0.1, -0.05) is 18.2 Å². The molecular weight excluding hydrogens is 284 g/mol. The molecule has 0 unspecified atom stereocenters. The second-order valence-corrected chi connectivity index (χ2v) is 5.83. The van der Waals surface area contributed by atoms with Crippen LogP contribution in [-0.4, -0.2) is 37.9 Å². The van der Waals surface area contributed by atoms with Crippen LogP contribution < -0.4 is 0 Å². The van der Waals surface area contributed by atoms with E-state index in [4.69, 9.17) is 14.2 Å². The molecule has 1 aliphatic carbocycles. The highest BCUT2D eigenvalue weighted by atomic mass is 16.7. The zero-order chi connectivity index (χ0) is 16.0. The molecule has 1 aliphatic heterocycles. The maximum Gasteiger partial charge on any atom is 0.305 e. The van der Waals surface area contributed by atoms with Crippen LogP contribution in [0.1, 0.15) is 32.6 Å². The smallest absolute Gasteiger partial charge is 0.305 e. The summed E-state index contributed by atoms with van der Waals surface area (Å²) in [6.07, 6.45) is 9.99. The van der Waals surface area contributed by atoms with Crippen LogP contribution in [0.4, 0.5) is 0 Å². The Morgan fingerprint density at radius 3 is 2.64 bits per heavy atom. The fourth-order valence-corrected chi connectivity index (χ4v) is 3.37. The molecule has 0 radical (unpaired) electrons. The molecule has 122 valence electrons. The third-order valence-electron chi connectivity index (χ3n) is 4.40. The zero-order valence-corrected chi connectivity index (χ0v) is 13.2. The fraction of sp³-hybridized carbons (Fsp3) is 0.647. The molecule has 0 aromatic carbocycles. The number of allylic oxidation sites excluding steroid dienone is 4. The van der Waals surface area contributed by atoms with Gasteiger partial charge in [0.05, 0.1) is 20.3 Å². The average Bonchev–Trinajstić information content (AvgIpc) is 3.08. The van der Waals surface area contributed by atoms with Crippen LogP contribution in [0, 0.1) is 11.8 Å². The summed E-state index contributed by atoms with van der Waals surface area (Å²) in [4.78, 5) is 22.5. The molecule has 0 N–H and O–H groups in total. The van der Waals surface area contributed by atoms with Crippen molar-refractivity contribution in [3.05, 3.63) is 24.3 Å². The van der Waals surface area contributed by atoms with Gasteiger partial charge in [-0.3, -0.25) is 9.59 Å². The number of hydrogen-bond acceptors (Lipinski definition) is 5. The SMILES string of the molecule is COC(=O)C[C@H]1CCC2(OCCO2)[C@@H]1C/C=C/C=C\C(C)=O. The number of ketones is 1. The molecule has 5 heteroatoms. The van der Waals surface area contributed by atoms with E-state index in [1.54, 1.807) is 6.08 Å². The van der Waals surface area contributed by atoms with Crippen LogP contribution in [0.2, 0.25) is 0 Å². The topological polar surface area (TPSA) is 61.8 Å². The second kappa shape index (κ2) is 7.70. The minimum Gasteiger partial charge on any atom is -0.469 e. The summed E-state index contributed by atoms with van der Waals surface area (Å²) in [7, 11) is 1.41. The first kappa shape index (κ1) is 16.9. The maximum absolute atomic E-state index is 11.6. The molecule has 0 bridgehead atoms. The molecule has 1 saturated carbocycles. The Bertz CT molecular complexity index is 460. The monoisotopic (exact) mass is 308 g/mol. The first-order valence-corrected chi connectivity index (χ1v) is 7.76. The number of esters is 1. The normalized spacial score (nSPS) is 27.2. The van der Waals surface area contributed by atoms with Gasteiger partial charge in [0.1, 0.15) is 0 Å². The molecule has 0 aromatic heterocycles. The van der Waals surface area contributed by atoms with Gasteiger partial charge in [-0.2, -0.15) is 0 Å². The summed E-state index contributed by atoms with van der Waals surface area (Å²) >= 11 is 0. The molecule has 2 aliphatic rings. The fourth-order valence-electron chi connectivity index (χ4n) is 3.37. The van der Waals surface area contributed by atoms with Crippen molar-refractivity contribution >= 4 is 11.8 Å². The van der Waals surface area contributed by atoms with Crippen LogP contribution in [0.3, 0.4) is 0 Å². The van der Waals surface area contributed by atoms with E-state index in [0.717, 1.165) is 19.3 Å². The molecule has 2 atom stereocenters. The number of ether oxygens (including phenoxy) is 3. The van der Waals surface area contributed by atoms with Crippen molar-refractivity contribution in [3.8, 4) is 0 Å². The highest BCUT2D eigenvalue weighted by molar-refractivity contribution is 5.87. The molecular formula is C17H24O5. The lowest BCUT2D eigenvalue weighted by molar-refractivity contribution is -0.186. The first-order valence-electron chi connectivity index (χ1n) is 7.76. The first-order chi connectivity index (χ1) is 10.6. The Hall–Kier alpha value is -1.46. The third-order valence-corrected chi connectivity index (χ3v) is 4.40. The largest absolute Gasteiger partial charge is 0.469 e. The van der Waals surface area contributed by atoms with Crippen molar-refractivity contribution < 1.29 is 23.8 Å². The Labute approximate surface area is 131 Å². The van der Waals surface area contributed by atoms with Crippen molar-refractivity contribution in [1.29, 1.82) is 0 Å². The van der Waals surface area contributed by atoms with Crippen molar-refractivity contribution in [2.24, 2.45) is 11.8 Å². The number of hydrogen-bond donors (Lipinski definition) is 0. The molecule has 0 amide bonds. The summed E-state index contributed by atoms with van der Waals surface area (Å²) in [6.45, 7) is 2.73. The van der Waals surface area contributed by atoms with Crippen LogP contribution in [-0.2, 0) is 23.8 Å². The van der Waals surface area contributed by atoms with Crippen LogP contribution in [0.15, 0.2) is 24.3 Å². The standard InChI is InChI=1S/C17H24O5/c1-13(18)6-4-3-5-7-15-14(12-16(19)20-2)8-9-17(15)21-10-11-22-17/h3-6,14-15H,7-12H2,1-2H3/b5-3+,6-4-/t14-,15-/m1/s1. The quantitative estimate of drug-likeness (QED) is 0.428. The minimum absolute atomic E-state index is 0.0213. The van der Waals surface area contributed by atoms with Crippen molar-refractivity contribution in [2.75, 3.05) is 20.3 Å². The summed E-state index contributed by atoms with van der Waals surface area (Å²) in [5.74, 6) is -0.380. The van der Waals surface area contributed by atoms with Gasteiger partial charge in [0.15, 0.2) is 11.6 Å². The van der Waals surface area contributed by atoms with Crippen LogP contribution >= 0.6 is 0 Å². The average molecular weight is 308 g/mol. The highest BCUT2D eigenvalue weighted by Crippen LogP contribution is 2.49. The number of methoxy groups -OCH3 is 1. The van der Waals surface area contributed by atoms with Gasteiger partial charge in [-0.15, -0.1) is 0 Å². The van der Waals surface area contributed by atoms with E-state index in [1.807, 2.05) is 12.2 Å². The molecule has 1 heterocycles. The summed E-state index contributed by atoms with van der Waals surface area (Å²) in [6, 6.07) is 0. The molecule has 2 rings (SSSR count). The Kier molecular flexibility index (Phi) is 5.91. The highest BCUT2D eigenvalue weighted by Gasteiger charge is 2.52. The van der Waals surface area contributed by atoms with E-state index in [1.165, 1.54) is 20.1 Å². The molecule has 0 aromatic rings. The van der Waals surface area contributed by atoms with E-state index in [2.05, 4.69) is 0 Å². The van der Waals surface area contributed by atoms with Gasteiger partial charge in [-0.05, 0) is 31.8 Å². The van der Waals surface area contributed by atoms with Crippen molar-refractivity contribution in [2.45, 2.75) is 38.4 Å². The van der Waals surface area contributed by atoms with Gasteiger partial charge in [0.2, 0.25) is 0 Å². The zero-order valence-electron chi connectivity index (χ0n) is 13.2. The summed E-state index contributed by atoms with van der Waals surface area (Å²) < 4.78 is 16.5.